The molecule has 2 unspecified atom stereocenters. The van der Waals surface area contributed by atoms with Crippen LogP contribution in [-0.2, 0) is 22.4 Å². The zero-order chi connectivity index (χ0) is 41.1. The second kappa shape index (κ2) is 20.5. The van der Waals surface area contributed by atoms with Crippen LogP contribution < -0.4 is 15.4 Å². The van der Waals surface area contributed by atoms with E-state index in [1.165, 1.54) is 43.9 Å². The van der Waals surface area contributed by atoms with Crippen molar-refractivity contribution in [1.29, 1.82) is 0 Å². The maximum Gasteiger partial charge on any atom is 0.225 e. The van der Waals surface area contributed by atoms with E-state index in [4.69, 9.17) is 4.74 Å². The summed E-state index contributed by atoms with van der Waals surface area (Å²) in [7, 11) is 4.32. The van der Waals surface area contributed by atoms with Gasteiger partial charge in [-0.1, -0.05) is 86.3 Å². The minimum atomic E-state index is -0.328. The number of carbonyl (C=O) groups is 2. The number of halogens is 2. The normalized spacial score (nSPS) is 19.1. The van der Waals surface area contributed by atoms with Crippen molar-refractivity contribution < 1.29 is 23.1 Å². The van der Waals surface area contributed by atoms with Crippen molar-refractivity contribution in [3.05, 3.63) is 114 Å². The zero-order valence-corrected chi connectivity index (χ0v) is 34.7. The number of nitrogens with one attached hydrogen (secondary N) is 2. The molecule has 11 heteroatoms. The molecule has 2 aliphatic heterocycles. The van der Waals surface area contributed by atoms with Gasteiger partial charge in [0.25, 0.3) is 0 Å². The smallest absolute Gasteiger partial charge is 0.225 e. The molecule has 7 rings (SSSR count). The van der Waals surface area contributed by atoms with Gasteiger partial charge in [-0.2, -0.15) is 0 Å². The average Bonchev–Trinajstić information content (AvgIpc) is 3.78. The summed E-state index contributed by atoms with van der Waals surface area (Å²) < 4.78 is 34.4. The summed E-state index contributed by atoms with van der Waals surface area (Å²) >= 11 is 0. The van der Waals surface area contributed by atoms with Crippen molar-refractivity contribution in [2.24, 2.45) is 11.8 Å². The lowest BCUT2D eigenvalue weighted by atomic mass is 9.82. The first-order chi connectivity index (χ1) is 28.7. The van der Waals surface area contributed by atoms with Crippen molar-refractivity contribution >= 4 is 11.8 Å². The Morgan fingerprint density at radius 3 is 1.95 bits per heavy atom. The summed E-state index contributed by atoms with van der Waals surface area (Å²) in [5, 5.41) is 6.43. The highest BCUT2D eigenvalue weighted by atomic mass is 19.1. The molecule has 1 saturated carbocycles. The fourth-order valence-electron chi connectivity index (χ4n) is 8.94. The number of piperazine rings is 2. The Hall–Kier alpha value is -4.68. The molecule has 0 bridgehead atoms. The molecule has 9 nitrogen and oxygen atoms in total. The van der Waals surface area contributed by atoms with Crippen molar-refractivity contribution in [2.75, 3.05) is 86.3 Å². The summed E-state index contributed by atoms with van der Waals surface area (Å²) in [6.45, 7) is 9.17. The minimum Gasteiger partial charge on any atom is -0.492 e. The van der Waals surface area contributed by atoms with E-state index in [0.717, 1.165) is 80.2 Å². The van der Waals surface area contributed by atoms with Gasteiger partial charge in [-0.3, -0.25) is 19.4 Å². The van der Waals surface area contributed by atoms with Gasteiger partial charge >= 0.3 is 0 Å². The van der Waals surface area contributed by atoms with Gasteiger partial charge < -0.3 is 25.2 Å². The molecule has 4 aromatic carbocycles. The SMILES string of the molecule is CN1CCN(CCOc2ccc(-c3ccc(CC(=O)NCC(C4CCCC4)C4CN(CNC(=O)Cc5ccc(-c6ccc(F)cc6)cc5)CCN4C)cc3)c(F)c2)CC1. The molecule has 2 heterocycles. The molecule has 0 radical (unpaired) electrons. The topological polar surface area (TPSA) is 80.4 Å². The lowest BCUT2D eigenvalue weighted by Gasteiger charge is -2.45. The molecule has 1 aliphatic carbocycles. The van der Waals surface area contributed by atoms with E-state index in [0.29, 0.717) is 43.0 Å². The number of nitrogens with zero attached hydrogens (tertiary/aromatic N) is 4. The quantitative estimate of drug-likeness (QED) is 0.137. The molecule has 4 aromatic rings. The molecule has 2 saturated heterocycles. The van der Waals surface area contributed by atoms with E-state index in [9.17, 15) is 14.0 Å². The van der Waals surface area contributed by atoms with E-state index >= 15 is 4.39 Å². The first-order valence-electron chi connectivity index (χ1n) is 21.4. The van der Waals surface area contributed by atoms with E-state index in [-0.39, 0.29) is 42.3 Å². The highest BCUT2D eigenvalue weighted by Crippen LogP contribution is 2.35. The third-order valence-electron chi connectivity index (χ3n) is 12.7. The van der Waals surface area contributed by atoms with Crippen LogP contribution in [0.4, 0.5) is 8.78 Å². The number of benzene rings is 4. The molecular weight excluding hydrogens is 747 g/mol. The molecule has 0 aromatic heterocycles. The summed E-state index contributed by atoms with van der Waals surface area (Å²) in [6, 6.07) is 27.1. The fraction of sp³-hybridized carbons (Fsp3) is 0.458. The maximum atomic E-state index is 15.2. The summed E-state index contributed by atoms with van der Waals surface area (Å²) in [5.41, 5.74) is 4.99. The predicted octanol–water partition coefficient (Wildman–Crippen LogP) is 6.32. The first-order valence-corrected chi connectivity index (χ1v) is 21.4. The van der Waals surface area contributed by atoms with Gasteiger partial charge in [0.1, 0.15) is 24.0 Å². The van der Waals surface area contributed by atoms with Crippen molar-refractivity contribution in [3.8, 4) is 28.0 Å². The number of hydrogen-bond acceptors (Lipinski definition) is 7. The Labute approximate surface area is 348 Å². The highest BCUT2D eigenvalue weighted by Gasteiger charge is 2.37. The van der Waals surface area contributed by atoms with Crippen molar-refractivity contribution in [1.82, 2.24) is 30.2 Å². The lowest BCUT2D eigenvalue weighted by molar-refractivity contribution is -0.122. The van der Waals surface area contributed by atoms with Crippen LogP contribution in [0.1, 0.15) is 36.8 Å². The minimum absolute atomic E-state index is 0.0155. The molecular formula is C48H60F2N6O3. The Kier molecular flexibility index (Phi) is 14.8. The molecule has 3 aliphatic rings. The molecule has 2 atom stereocenters. The summed E-state index contributed by atoms with van der Waals surface area (Å²) in [5.74, 6) is 0.738. The number of rotatable bonds is 16. The molecule has 3 fully saturated rings. The first kappa shape index (κ1) is 42.4. The van der Waals surface area contributed by atoms with E-state index < -0.39 is 0 Å². The molecule has 2 amide bonds. The van der Waals surface area contributed by atoms with Crippen molar-refractivity contribution in [2.45, 2.75) is 44.6 Å². The second-order valence-electron chi connectivity index (χ2n) is 16.8. The third kappa shape index (κ3) is 12.0. The summed E-state index contributed by atoms with van der Waals surface area (Å²) in [4.78, 5) is 35.8. The Morgan fingerprint density at radius 1 is 0.712 bits per heavy atom. The van der Waals surface area contributed by atoms with Crippen LogP contribution in [-0.4, -0.2) is 124 Å². The molecule has 314 valence electrons. The number of ether oxygens (including phenoxy) is 1. The van der Waals surface area contributed by atoms with Crippen LogP contribution in [0.25, 0.3) is 22.3 Å². The van der Waals surface area contributed by atoms with E-state index in [2.05, 4.69) is 44.3 Å². The van der Waals surface area contributed by atoms with Crippen LogP contribution in [0.2, 0.25) is 0 Å². The van der Waals surface area contributed by atoms with Gasteiger partial charge in [0.05, 0.1) is 19.5 Å². The second-order valence-corrected chi connectivity index (χ2v) is 16.8. The van der Waals surface area contributed by atoms with Gasteiger partial charge in [0.15, 0.2) is 0 Å². The van der Waals surface area contributed by atoms with Gasteiger partial charge in [-0.05, 0) is 78.0 Å². The van der Waals surface area contributed by atoms with Gasteiger partial charge in [0, 0.05) is 76.6 Å². The zero-order valence-electron chi connectivity index (χ0n) is 34.7. The Balaban J connectivity index is 0.874. The monoisotopic (exact) mass is 806 g/mol. The molecule has 59 heavy (non-hydrogen) atoms. The Bertz CT molecular complexity index is 1960. The fourth-order valence-corrected chi connectivity index (χ4v) is 8.94. The average molecular weight is 807 g/mol. The number of likely N-dealkylation sites (N-methyl/N-ethyl adjacent to an activating group) is 2. The Morgan fingerprint density at radius 2 is 1.31 bits per heavy atom. The predicted molar refractivity (Wildman–Crippen MR) is 230 cm³/mol. The third-order valence-corrected chi connectivity index (χ3v) is 12.7. The lowest BCUT2D eigenvalue weighted by Crippen LogP contribution is -2.59. The largest absolute Gasteiger partial charge is 0.492 e. The van der Waals surface area contributed by atoms with E-state index in [1.807, 2.05) is 54.6 Å². The maximum absolute atomic E-state index is 15.2. The van der Waals surface area contributed by atoms with E-state index in [1.54, 1.807) is 18.2 Å². The number of carbonyl (C=O) groups excluding carboxylic acids is 2. The van der Waals surface area contributed by atoms with Crippen LogP contribution in [0.3, 0.4) is 0 Å². The van der Waals surface area contributed by atoms with Gasteiger partial charge in [-0.15, -0.1) is 0 Å². The molecule has 0 spiro atoms. The highest BCUT2D eigenvalue weighted by molar-refractivity contribution is 5.79. The van der Waals surface area contributed by atoms with Crippen LogP contribution in [0.15, 0.2) is 91.0 Å². The number of amides is 2. The molecule has 2 N–H and O–H groups in total. The van der Waals surface area contributed by atoms with Gasteiger partial charge in [0.2, 0.25) is 11.8 Å². The standard InChI is InChI=1S/C48H60F2N6O3/c1-53-21-24-55(25-22-53)27-28-59-42-19-20-43(45(50)31-42)40-13-9-36(10-14-40)29-47(57)51-32-44(39-5-3-4-6-39)46-33-56(26-23-54(46)2)34-52-48(58)30-35-7-11-37(12-8-35)38-15-17-41(49)18-16-38/h7-20,31,39,44,46H,3-6,21-30,32-34H2,1-2H3,(H,51,57)(H,52,58). The van der Waals surface area contributed by atoms with Crippen LogP contribution >= 0.6 is 0 Å². The van der Waals surface area contributed by atoms with Crippen LogP contribution in [0, 0.1) is 23.5 Å². The number of hydrogen-bond donors (Lipinski definition) is 2. The summed E-state index contributed by atoms with van der Waals surface area (Å²) in [6.07, 6.45) is 5.32. The van der Waals surface area contributed by atoms with Crippen molar-refractivity contribution in [3.63, 3.8) is 0 Å². The van der Waals surface area contributed by atoms with Crippen LogP contribution in [0.5, 0.6) is 5.75 Å². The van der Waals surface area contributed by atoms with Gasteiger partial charge in [-0.25, -0.2) is 8.78 Å².